The van der Waals surface area contributed by atoms with Crippen molar-refractivity contribution >= 4 is 22.9 Å². The smallest absolute Gasteiger partial charge is 0.106 e. The molecule has 0 fully saturated rings. The molecule has 2 aromatic rings. The number of nitrogens with two attached hydrogens (primary N) is 1. The van der Waals surface area contributed by atoms with E-state index >= 15 is 0 Å². The second kappa shape index (κ2) is 5.80. The van der Waals surface area contributed by atoms with Crippen LogP contribution >= 0.6 is 12.2 Å². The Labute approximate surface area is 118 Å². The van der Waals surface area contributed by atoms with E-state index in [0.717, 1.165) is 16.9 Å². The minimum atomic E-state index is 0.403. The monoisotopic (exact) mass is 271 g/mol. The summed E-state index contributed by atoms with van der Waals surface area (Å²) in [5.74, 6) is 0. The van der Waals surface area contributed by atoms with Crippen molar-refractivity contribution in [3.8, 4) is 0 Å². The first kappa shape index (κ1) is 13.5. The fourth-order valence-corrected chi connectivity index (χ4v) is 2.08. The van der Waals surface area contributed by atoms with Gasteiger partial charge in [-0.25, -0.2) is 0 Å². The number of thiocarbonyl (C=S) groups is 1. The number of hydrogen-bond acceptors (Lipinski definition) is 3. The maximum Gasteiger partial charge on any atom is 0.106 e. The van der Waals surface area contributed by atoms with Gasteiger partial charge in [0.2, 0.25) is 0 Å². The molecule has 1 heterocycles. The zero-order valence-corrected chi connectivity index (χ0v) is 11.9. The Morgan fingerprint density at radius 3 is 2.79 bits per heavy atom. The highest BCUT2D eigenvalue weighted by atomic mass is 32.1. The zero-order valence-electron chi connectivity index (χ0n) is 11.1. The molecule has 19 heavy (non-hydrogen) atoms. The van der Waals surface area contributed by atoms with Crippen LogP contribution in [0.5, 0.6) is 0 Å². The maximum atomic E-state index is 5.74. The molecule has 0 unspecified atom stereocenters. The normalized spacial score (nSPS) is 10.2. The number of nitrogens with one attached hydrogen (secondary N) is 1. The van der Waals surface area contributed by atoms with Gasteiger partial charge >= 0.3 is 0 Å². The summed E-state index contributed by atoms with van der Waals surface area (Å²) in [5.41, 5.74) is 10.9. The third-order valence-corrected chi connectivity index (χ3v) is 3.22. The molecule has 0 atom stereocenters. The van der Waals surface area contributed by atoms with Crippen molar-refractivity contribution in [1.29, 1.82) is 0 Å². The summed E-state index contributed by atoms with van der Waals surface area (Å²) in [6.45, 7) is 4.75. The molecule has 0 amide bonds. The van der Waals surface area contributed by atoms with Gasteiger partial charge in [-0.3, -0.25) is 4.98 Å². The van der Waals surface area contributed by atoms with E-state index in [0.29, 0.717) is 11.5 Å². The first-order valence-corrected chi connectivity index (χ1v) is 6.53. The molecule has 0 bridgehead atoms. The highest BCUT2D eigenvalue weighted by Gasteiger charge is 2.06. The summed E-state index contributed by atoms with van der Waals surface area (Å²) >= 11 is 5.07. The molecule has 0 aliphatic heterocycles. The van der Waals surface area contributed by atoms with Crippen molar-refractivity contribution in [3.05, 3.63) is 58.9 Å². The first-order valence-electron chi connectivity index (χ1n) is 6.13. The van der Waals surface area contributed by atoms with Gasteiger partial charge in [-0.05, 0) is 43.2 Å². The number of nitrogens with zero attached hydrogens (tertiary/aromatic N) is 1. The predicted octanol–water partition coefficient (Wildman–Crippen LogP) is 2.94. The van der Waals surface area contributed by atoms with Crippen LogP contribution in [0.2, 0.25) is 0 Å². The Bertz CT molecular complexity index is 608. The Kier molecular flexibility index (Phi) is 4.12. The number of benzene rings is 1. The van der Waals surface area contributed by atoms with Gasteiger partial charge in [-0.1, -0.05) is 24.4 Å². The van der Waals surface area contributed by atoms with Crippen molar-refractivity contribution in [2.24, 2.45) is 5.73 Å². The molecule has 2 rings (SSSR count). The third-order valence-electron chi connectivity index (χ3n) is 3.00. The van der Waals surface area contributed by atoms with Crippen LogP contribution in [-0.2, 0) is 6.54 Å². The van der Waals surface area contributed by atoms with Crippen LogP contribution in [-0.4, -0.2) is 9.97 Å². The van der Waals surface area contributed by atoms with Gasteiger partial charge in [0.1, 0.15) is 4.99 Å². The van der Waals surface area contributed by atoms with Crippen molar-refractivity contribution < 1.29 is 0 Å². The number of aryl methyl sites for hydroxylation is 2. The Morgan fingerprint density at radius 2 is 2.11 bits per heavy atom. The highest BCUT2D eigenvalue weighted by Crippen LogP contribution is 2.18. The minimum absolute atomic E-state index is 0.403. The minimum Gasteiger partial charge on any atom is -0.389 e. The Balaban J connectivity index is 2.22. The van der Waals surface area contributed by atoms with E-state index in [4.69, 9.17) is 18.0 Å². The summed E-state index contributed by atoms with van der Waals surface area (Å²) < 4.78 is 0. The predicted molar refractivity (Wildman–Crippen MR) is 83.4 cm³/mol. The molecule has 0 saturated heterocycles. The molecular formula is C15H17N3S. The molecule has 0 radical (unpaired) electrons. The van der Waals surface area contributed by atoms with Gasteiger partial charge in [-0.2, -0.15) is 0 Å². The van der Waals surface area contributed by atoms with Gasteiger partial charge in [0, 0.05) is 17.4 Å². The molecule has 0 aliphatic carbocycles. The fourth-order valence-electron chi connectivity index (χ4n) is 1.90. The van der Waals surface area contributed by atoms with Crippen LogP contribution in [0.3, 0.4) is 0 Å². The van der Waals surface area contributed by atoms with E-state index in [1.165, 1.54) is 11.1 Å². The van der Waals surface area contributed by atoms with Crippen LogP contribution in [0.1, 0.15) is 22.4 Å². The molecular weight excluding hydrogens is 254 g/mol. The quantitative estimate of drug-likeness (QED) is 0.839. The lowest BCUT2D eigenvalue weighted by Gasteiger charge is -2.12. The SMILES string of the molecule is Cc1ccc(C(N)=S)c(NCc2ncccc2C)c1. The average molecular weight is 271 g/mol. The van der Waals surface area contributed by atoms with Gasteiger partial charge in [0.15, 0.2) is 0 Å². The Morgan fingerprint density at radius 1 is 1.32 bits per heavy atom. The lowest BCUT2D eigenvalue weighted by molar-refractivity contribution is 1.02. The molecule has 1 aromatic heterocycles. The van der Waals surface area contributed by atoms with Crippen LogP contribution < -0.4 is 11.1 Å². The van der Waals surface area contributed by atoms with Gasteiger partial charge in [0.25, 0.3) is 0 Å². The van der Waals surface area contributed by atoms with Crippen LogP contribution in [0, 0.1) is 13.8 Å². The number of hydrogen-bond donors (Lipinski definition) is 2. The molecule has 3 nitrogen and oxygen atoms in total. The van der Waals surface area contributed by atoms with E-state index in [-0.39, 0.29) is 0 Å². The molecule has 4 heteroatoms. The number of pyridine rings is 1. The summed E-state index contributed by atoms with van der Waals surface area (Å²) in [7, 11) is 0. The lowest BCUT2D eigenvalue weighted by Crippen LogP contribution is -2.14. The summed E-state index contributed by atoms with van der Waals surface area (Å²) in [4.78, 5) is 4.77. The molecule has 3 N–H and O–H groups in total. The fraction of sp³-hybridized carbons (Fsp3) is 0.200. The zero-order chi connectivity index (χ0) is 13.8. The van der Waals surface area contributed by atoms with E-state index in [1.807, 2.05) is 31.2 Å². The van der Waals surface area contributed by atoms with Crippen molar-refractivity contribution in [2.75, 3.05) is 5.32 Å². The second-order valence-electron chi connectivity index (χ2n) is 4.53. The number of rotatable bonds is 4. The topological polar surface area (TPSA) is 50.9 Å². The second-order valence-corrected chi connectivity index (χ2v) is 4.97. The third kappa shape index (κ3) is 3.29. The standard InChI is InChI=1S/C15H17N3S/c1-10-5-6-12(15(16)19)13(8-10)18-9-14-11(2)4-3-7-17-14/h3-8,18H,9H2,1-2H3,(H2,16,19). The van der Waals surface area contributed by atoms with Crippen LogP contribution in [0.4, 0.5) is 5.69 Å². The highest BCUT2D eigenvalue weighted by molar-refractivity contribution is 7.80. The van der Waals surface area contributed by atoms with E-state index in [9.17, 15) is 0 Å². The molecule has 0 aliphatic rings. The molecule has 1 aromatic carbocycles. The molecule has 0 spiro atoms. The van der Waals surface area contributed by atoms with Gasteiger partial charge < -0.3 is 11.1 Å². The number of aromatic nitrogens is 1. The van der Waals surface area contributed by atoms with E-state index < -0.39 is 0 Å². The lowest BCUT2D eigenvalue weighted by atomic mass is 10.1. The maximum absolute atomic E-state index is 5.74. The summed E-state index contributed by atoms with van der Waals surface area (Å²) in [5, 5.41) is 3.36. The van der Waals surface area contributed by atoms with Gasteiger partial charge in [0.05, 0.1) is 12.2 Å². The Hall–Kier alpha value is -1.94. The molecule has 98 valence electrons. The van der Waals surface area contributed by atoms with Crippen molar-refractivity contribution in [2.45, 2.75) is 20.4 Å². The summed E-state index contributed by atoms with van der Waals surface area (Å²) in [6, 6.07) is 9.99. The van der Waals surface area contributed by atoms with Gasteiger partial charge in [-0.15, -0.1) is 0 Å². The molecule has 0 saturated carbocycles. The first-order chi connectivity index (χ1) is 9.08. The van der Waals surface area contributed by atoms with E-state index in [2.05, 4.69) is 23.3 Å². The summed E-state index contributed by atoms with van der Waals surface area (Å²) in [6.07, 6.45) is 1.80. The number of anilines is 1. The van der Waals surface area contributed by atoms with E-state index in [1.54, 1.807) is 6.20 Å². The van der Waals surface area contributed by atoms with Crippen LogP contribution in [0.15, 0.2) is 36.5 Å². The van der Waals surface area contributed by atoms with Crippen molar-refractivity contribution in [3.63, 3.8) is 0 Å². The largest absolute Gasteiger partial charge is 0.389 e. The van der Waals surface area contributed by atoms with Crippen molar-refractivity contribution in [1.82, 2.24) is 4.98 Å². The van der Waals surface area contributed by atoms with Crippen LogP contribution in [0.25, 0.3) is 0 Å². The average Bonchev–Trinajstić information content (AvgIpc) is 2.37.